The quantitative estimate of drug-likeness (QED) is 0.593. The molecule has 1 fully saturated rings. The van der Waals surface area contributed by atoms with Gasteiger partial charge in [-0.25, -0.2) is 0 Å². The molecule has 1 atom stereocenters. The van der Waals surface area contributed by atoms with Gasteiger partial charge >= 0.3 is 0 Å². The summed E-state index contributed by atoms with van der Waals surface area (Å²) in [6.07, 6.45) is 11.5. The van der Waals surface area contributed by atoms with E-state index >= 15 is 0 Å². The maximum absolute atomic E-state index is 3.93. The van der Waals surface area contributed by atoms with Gasteiger partial charge in [-0.2, -0.15) is 0 Å². The Balaban J connectivity index is 2.58. The Hall–Kier alpha value is -0.195. The fraction of sp³-hybridized carbons (Fsp3) is 0.857. The summed E-state index contributed by atoms with van der Waals surface area (Å²) in [5, 5.41) is 0.527. The average Bonchev–Trinajstić information content (AvgIpc) is 2.17. The van der Waals surface area contributed by atoms with Crippen LogP contribution >= 0.6 is 0 Å². The SMILES string of the molecule is C=CBC(C)(CC)C1CCCCCCC1. The maximum Gasteiger partial charge on any atom is 0.153 e. The molecular formula is C14H27B. The van der Waals surface area contributed by atoms with Gasteiger partial charge in [0.25, 0.3) is 0 Å². The van der Waals surface area contributed by atoms with Crippen LogP contribution in [0.2, 0.25) is 5.31 Å². The van der Waals surface area contributed by atoms with Crippen LogP contribution in [0.15, 0.2) is 12.6 Å². The van der Waals surface area contributed by atoms with Gasteiger partial charge in [0.2, 0.25) is 0 Å². The Bertz CT molecular complexity index is 180. The van der Waals surface area contributed by atoms with Crippen LogP contribution in [0.4, 0.5) is 0 Å². The highest BCUT2D eigenvalue weighted by Crippen LogP contribution is 2.44. The van der Waals surface area contributed by atoms with Crippen LogP contribution in [-0.4, -0.2) is 7.28 Å². The zero-order valence-electron chi connectivity index (χ0n) is 10.7. The Morgan fingerprint density at radius 1 is 1.20 bits per heavy atom. The average molecular weight is 206 g/mol. The summed E-state index contributed by atoms with van der Waals surface area (Å²) in [5.41, 5.74) is 0. The summed E-state index contributed by atoms with van der Waals surface area (Å²) >= 11 is 0. The summed E-state index contributed by atoms with van der Waals surface area (Å²) in [7, 11) is 1.20. The van der Waals surface area contributed by atoms with E-state index in [1.165, 1.54) is 58.6 Å². The highest BCUT2D eigenvalue weighted by atomic mass is 14.3. The largest absolute Gasteiger partial charge is 0.153 e. The van der Waals surface area contributed by atoms with Gasteiger partial charge in [-0.1, -0.05) is 70.5 Å². The molecule has 0 nitrogen and oxygen atoms in total. The monoisotopic (exact) mass is 206 g/mol. The highest BCUT2D eigenvalue weighted by Gasteiger charge is 2.31. The van der Waals surface area contributed by atoms with Crippen molar-refractivity contribution in [2.75, 3.05) is 0 Å². The molecule has 1 heteroatoms. The molecule has 0 amide bonds. The molecule has 15 heavy (non-hydrogen) atoms. The van der Waals surface area contributed by atoms with Gasteiger partial charge in [0, 0.05) is 0 Å². The van der Waals surface area contributed by atoms with Gasteiger partial charge in [0.1, 0.15) is 0 Å². The van der Waals surface area contributed by atoms with Crippen molar-refractivity contribution in [3.63, 3.8) is 0 Å². The molecule has 0 spiro atoms. The minimum Gasteiger partial charge on any atom is -0.126 e. The molecule has 1 saturated carbocycles. The van der Waals surface area contributed by atoms with Crippen LogP contribution < -0.4 is 0 Å². The molecule has 0 radical (unpaired) electrons. The second kappa shape index (κ2) is 6.40. The summed E-state index contributed by atoms with van der Waals surface area (Å²) in [6, 6.07) is 0. The molecule has 0 N–H and O–H groups in total. The van der Waals surface area contributed by atoms with E-state index < -0.39 is 0 Å². The van der Waals surface area contributed by atoms with Crippen molar-refractivity contribution in [1.82, 2.24) is 0 Å². The van der Waals surface area contributed by atoms with Crippen molar-refractivity contribution in [3.05, 3.63) is 12.6 Å². The Morgan fingerprint density at radius 2 is 1.73 bits per heavy atom. The number of hydrogen-bond acceptors (Lipinski definition) is 0. The minimum absolute atomic E-state index is 0.527. The molecule has 0 heterocycles. The van der Waals surface area contributed by atoms with E-state index in [-0.39, 0.29) is 0 Å². The molecule has 86 valence electrons. The first kappa shape index (κ1) is 12.9. The van der Waals surface area contributed by atoms with Crippen LogP contribution in [0, 0.1) is 5.92 Å². The van der Waals surface area contributed by atoms with Crippen molar-refractivity contribution in [1.29, 1.82) is 0 Å². The van der Waals surface area contributed by atoms with Gasteiger partial charge < -0.3 is 0 Å². The first-order chi connectivity index (χ1) is 7.23. The zero-order chi connectivity index (χ0) is 11.1. The van der Waals surface area contributed by atoms with Gasteiger partial charge in [0.15, 0.2) is 7.28 Å². The van der Waals surface area contributed by atoms with Crippen molar-refractivity contribution in [3.8, 4) is 0 Å². The first-order valence-electron chi connectivity index (χ1n) is 6.84. The van der Waals surface area contributed by atoms with E-state index in [2.05, 4.69) is 26.4 Å². The van der Waals surface area contributed by atoms with Crippen molar-refractivity contribution >= 4 is 7.28 Å². The smallest absolute Gasteiger partial charge is 0.126 e. The number of hydrogen-bond donors (Lipinski definition) is 0. The molecule has 1 rings (SSSR count). The summed E-state index contributed by atoms with van der Waals surface area (Å²) < 4.78 is 0. The summed E-state index contributed by atoms with van der Waals surface area (Å²) in [5.74, 6) is 3.07. The lowest BCUT2D eigenvalue weighted by Crippen LogP contribution is -2.26. The van der Waals surface area contributed by atoms with Crippen LogP contribution in [-0.2, 0) is 0 Å². The molecule has 0 bridgehead atoms. The van der Waals surface area contributed by atoms with Crippen LogP contribution in [0.1, 0.15) is 65.2 Å². The summed E-state index contributed by atoms with van der Waals surface area (Å²) in [4.78, 5) is 0. The second-order valence-electron chi connectivity index (χ2n) is 5.54. The van der Waals surface area contributed by atoms with Gasteiger partial charge in [-0.3, -0.25) is 0 Å². The topological polar surface area (TPSA) is 0 Å². The lowest BCUT2D eigenvalue weighted by molar-refractivity contribution is 0.288. The minimum atomic E-state index is 0.527. The third-order valence-corrected chi connectivity index (χ3v) is 4.51. The third kappa shape index (κ3) is 3.70. The molecule has 0 aromatic heterocycles. The standard InChI is InChI=1S/C14H27B/c1-4-14(3,15-5-2)13-11-9-7-6-8-10-12-13/h5,13,15H,2,4,6-12H2,1,3H3. The lowest BCUT2D eigenvalue weighted by atomic mass is 9.46. The maximum atomic E-state index is 3.93. The fourth-order valence-electron chi connectivity index (χ4n) is 3.08. The third-order valence-electron chi connectivity index (χ3n) is 4.51. The van der Waals surface area contributed by atoms with Crippen molar-refractivity contribution in [2.45, 2.75) is 70.5 Å². The molecule has 0 aromatic rings. The van der Waals surface area contributed by atoms with Gasteiger partial charge in [-0.15, -0.1) is 12.6 Å². The molecule has 0 aromatic carbocycles. The van der Waals surface area contributed by atoms with Crippen LogP contribution in [0.3, 0.4) is 0 Å². The number of rotatable bonds is 4. The fourth-order valence-corrected chi connectivity index (χ4v) is 3.08. The molecular weight excluding hydrogens is 179 g/mol. The summed E-state index contributed by atoms with van der Waals surface area (Å²) in [6.45, 7) is 8.75. The predicted molar refractivity (Wildman–Crippen MR) is 71.8 cm³/mol. The predicted octanol–water partition coefficient (Wildman–Crippen LogP) is 4.52. The second-order valence-corrected chi connectivity index (χ2v) is 5.54. The Kier molecular flexibility index (Phi) is 5.49. The van der Waals surface area contributed by atoms with Crippen LogP contribution in [0.25, 0.3) is 0 Å². The van der Waals surface area contributed by atoms with E-state index in [9.17, 15) is 0 Å². The normalized spacial score (nSPS) is 23.6. The van der Waals surface area contributed by atoms with E-state index in [1.54, 1.807) is 0 Å². The van der Waals surface area contributed by atoms with E-state index in [1.807, 2.05) is 0 Å². The Morgan fingerprint density at radius 3 is 2.20 bits per heavy atom. The van der Waals surface area contributed by atoms with Gasteiger partial charge in [0.05, 0.1) is 0 Å². The molecule has 1 aliphatic rings. The van der Waals surface area contributed by atoms with Crippen molar-refractivity contribution < 1.29 is 0 Å². The first-order valence-corrected chi connectivity index (χ1v) is 6.84. The Labute approximate surface area is 96.8 Å². The van der Waals surface area contributed by atoms with Gasteiger partial charge in [-0.05, 0) is 5.92 Å². The zero-order valence-corrected chi connectivity index (χ0v) is 10.7. The molecule has 0 saturated heterocycles. The van der Waals surface area contributed by atoms with E-state index in [4.69, 9.17) is 0 Å². The molecule has 1 unspecified atom stereocenters. The molecule has 0 aliphatic heterocycles. The molecule has 1 aliphatic carbocycles. The van der Waals surface area contributed by atoms with E-state index in [0.717, 1.165) is 5.92 Å². The van der Waals surface area contributed by atoms with E-state index in [0.29, 0.717) is 5.31 Å². The lowest BCUT2D eigenvalue weighted by Gasteiger charge is -2.37. The van der Waals surface area contributed by atoms with Crippen LogP contribution in [0.5, 0.6) is 0 Å². The highest BCUT2D eigenvalue weighted by molar-refractivity contribution is 6.46. The van der Waals surface area contributed by atoms with Crippen molar-refractivity contribution in [2.24, 2.45) is 5.92 Å².